The van der Waals surface area contributed by atoms with E-state index in [2.05, 4.69) is 41.6 Å². The highest BCUT2D eigenvalue weighted by Crippen LogP contribution is 2.21. The minimum Gasteiger partial charge on any atom is -0.496 e. The molecule has 1 aliphatic rings. The summed E-state index contributed by atoms with van der Waals surface area (Å²) in [4.78, 5) is 32.2. The van der Waals surface area contributed by atoms with Gasteiger partial charge in [0.25, 0.3) is 5.91 Å². The molecule has 6 nitrogen and oxygen atoms in total. The summed E-state index contributed by atoms with van der Waals surface area (Å²) < 4.78 is 6.34. The van der Waals surface area contributed by atoms with Crippen LogP contribution in [-0.2, 0) is 4.79 Å². The second-order valence-corrected chi connectivity index (χ2v) is 11.3. The molecule has 3 rings (SSSR count). The van der Waals surface area contributed by atoms with Gasteiger partial charge < -0.3 is 14.5 Å². The molecule has 1 saturated heterocycles. The van der Waals surface area contributed by atoms with Crippen LogP contribution in [0.3, 0.4) is 0 Å². The Hall–Kier alpha value is -2.64. The Morgan fingerprint density at radius 3 is 2.44 bits per heavy atom. The monoisotopic (exact) mass is 555 g/mol. The smallest absolute Gasteiger partial charge is 0.253 e. The van der Waals surface area contributed by atoms with Gasteiger partial charge in [-0.15, -0.1) is 0 Å². The minimum atomic E-state index is -0.0693. The van der Waals surface area contributed by atoms with Gasteiger partial charge in [-0.05, 0) is 29.7 Å². The topological polar surface area (TPSA) is 53.1 Å². The number of hydrogen-bond acceptors (Lipinski definition) is 4. The molecule has 194 valence electrons. The van der Waals surface area contributed by atoms with E-state index in [9.17, 15) is 9.59 Å². The highest BCUT2D eigenvalue weighted by molar-refractivity contribution is 9.10. The molecule has 0 saturated carbocycles. The molecule has 36 heavy (non-hydrogen) atoms. The summed E-state index contributed by atoms with van der Waals surface area (Å²) in [5.74, 6) is 1.05. The van der Waals surface area contributed by atoms with E-state index < -0.39 is 0 Å². The van der Waals surface area contributed by atoms with Crippen LogP contribution in [0.1, 0.15) is 43.1 Å². The molecule has 1 aliphatic heterocycles. The Morgan fingerprint density at radius 2 is 1.78 bits per heavy atom. The van der Waals surface area contributed by atoms with Crippen molar-refractivity contribution in [3.05, 3.63) is 70.2 Å². The summed E-state index contributed by atoms with van der Waals surface area (Å²) in [6, 6.07) is 15.4. The molecule has 0 unspecified atom stereocenters. The normalized spacial score (nSPS) is 14.8. The van der Waals surface area contributed by atoms with Gasteiger partial charge in [0.1, 0.15) is 5.75 Å². The lowest BCUT2D eigenvalue weighted by atomic mass is 9.91. The number of benzene rings is 2. The molecular weight excluding hydrogens is 518 g/mol. The summed E-state index contributed by atoms with van der Waals surface area (Å²) in [7, 11) is 1.66. The Bertz CT molecular complexity index is 1060. The Labute approximate surface area is 224 Å². The molecule has 1 heterocycles. The summed E-state index contributed by atoms with van der Waals surface area (Å²) in [6.45, 7) is 11.3. The number of rotatable bonds is 9. The quantitative estimate of drug-likeness (QED) is 0.427. The standard InChI is InChI=1S/C29H38BrN3O3/c1-29(2,3)22-27(34)32(14-8-11-23-9-5-6-13-26(23)36-4)18-15-31-16-19-33(20-17-31)28(35)24-10-7-12-25(30)21-24/h5-13,21H,14-20,22H2,1-4H3/b11-8+. The first-order valence-electron chi connectivity index (χ1n) is 12.5. The molecule has 1 fully saturated rings. The first-order valence-corrected chi connectivity index (χ1v) is 13.3. The lowest BCUT2D eigenvalue weighted by molar-refractivity contribution is -0.132. The molecular formula is C29H38BrN3O3. The zero-order valence-corrected chi connectivity index (χ0v) is 23.5. The van der Waals surface area contributed by atoms with Crippen LogP contribution in [0, 0.1) is 5.41 Å². The number of carbonyl (C=O) groups is 2. The van der Waals surface area contributed by atoms with Crippen LogP contribution in [0.4, 0.5) is 0 Å². The molecule has 0 atom stereocenters. The summed E-state index contributed by atoms with van der Waals surface area (Å²) in [5.41, 5.74) is 1.63. The predicted molar refractivity (Wildman–Crippen MR) is 149 cm³/mol. The Morgan fingerprint density at radius 1 is 1.06 bits per heavy atom. The number of ether oxygens (including phenoxy) is 1. The molecule has 2 aromatic rings. The molecule has 0 aromatic heterocycles. The maximum atomic E-state index is 13.1. The van der Waals surface area contributed by atoms with Crippen LogP contribution in [-0.4, -0.2) is 79.4 Å². The lowest BCUT2D eigenvalue weighted by Crippen LogP contribution is -2.50. The van der Waals surface area contributed by atoms with Gasteiger partial charge in [-0.1, -0.05) is 73.1 Å². The van der Waals surface area contributed by atoms with E-state index in [1.807, 2.05) is 70.5 Å². The van der Waals surface area contributed by atoms with Gasteiger partial charge in [0.15, 0.2) is 0 Å². The van der Waals surface area contributed by atoms with Crippen molar-refractivity contribution in [2.24, 2.45) is 5.41 Å². The zero-order valence-electron chi connectivity index (χ0n) is 21.9. The van der Waals surface area contributed by atoms with Crippen molar-refractivity contribution < 1.29 is 14.3 Å². The SMILES string of the molecule is COc1ccccc1/C=C/CN(CCN1CCN(C(=O)c2cccc(Br)c2)CC1)C(=O)CC(C)(C)C. The van der Waals surface area contributed by atoms with Gasteiger partial charge in [-0.25, -0.2) is 0 Å². The van der Waals surface area contributed by atoms with Gasteiger partial charge in [-0.2, -0.15) is 0 Å². The number of amides is 2. The third-order valence-electron chi connectivity index (χ3n) is 6.21. The van der Waals surface area contributed by atoms with Crippen LogP contribution >= 0.6 is 15.9 Å². The van der Waals surface area contributed by atoms with Crippen molar-refractivity contribution in [3.8, 4) is 5.75 Å². The van der Waals surface area contributed by atoms with Crippen molar-refractivity contribution in [2.45, 2.75) is 27.2 Å². The predicted octanol–water partition coefficient (Wildman–Crippen LogP) is 5.19. The van der Waals surface area contributed by atoms with Crippen molar-refractivity contribution in [1.82, 2.24) is 14.7 Å². The maximum Gasteiger partial charge on any atom is 0.253 e. The van der Waals surface area contributed by atoms with Crippen molar-refractivity contribution >= 4 is 33.8 Å². The second kappa shape index (κ2) is 13.1. The number of piperazine rings is 1. The number of hydrogen-bond donors (Lipinski definition) is 0. The number of carbonyl (C=O) groups excluding carboxylic acids is 2. The van der Waals surface area contributed by atoms with E-state index >= 15 is 0 Å². The fraction of sp³-hybridized carbons (Fsp3) is 0.448. The lowest BCUT2D eigenvalue weighted by Gasteiger charge is -2.36. The minimum absolute atomic E-state index is 0.0689. The van der Waals surface area contributed by atoms with Gasteiger partial charge in [0.2, 0.25) is 5.91 Å². The van der Waals surface area contributed by atoms with E-state index in [4.69, 9.17) is 4.74 Å². The molecule has 7 heteroatoms. The number of nitrogens with zero attached hydrogens (tertiary/aromatic N) is 3. The average molecular weight is 557 g/mol. The average Bonchev–Trinajstić information content (AvgIpc) is 2.85. The first kappa shape index (κ1) is 27.9. The maximum absolute atomic E-state index is 13.1. The van der Waals surface area contributed by atoms with Crippen molar-refractivity contribution in [1.29, 1.82) is 0 Å². The van der Waals surface area contributed by atoms with E-state index in [0.29, 0.717) is 38.2 Å². The summed E-state index contributed by atoms with van der Waals surface area (Å²) in [5, 5.41) is 0. The Kier molecular flexibility index (Phi) is 10.1. The molecule has 0 radical (unpaired) electrons. The second-order valence-electron chi connectivity index (χ2n) is 10.4. The third kappa shape index (κ3) is 8.49. The van der Waals surface area contributed by atoms with Gasteiger partial charge in [0.05, 0.1) is 7.11 Å². The number of para-hydroxylation sites is 1. The van der Waals surface area contributed by atoms with Crippen molar-refractivity contribution in [2.75, 3.05) is 52.9 Å². The number of halogens is 1. The first-order chi connectivity index (χ1) is 17.2. The fourth-order valence-electron chi connectivity index (χ4n) is 4.24. The summed E-state index contributed by atoms with van der Waals surface area (Å²) >= 11 is 3.44. The van der Waals surface area contributed by atoms with Crippen LogP contribution in [0.5, 0.6) is 5.75 Å². The van der Waals surface area contributed by atoms with Crippen LogP contribution < -0.4 is 4.74 Å². The van der Waals surface area contributed by atoms with E-state index in [0.717, 1.165) is 35.4 Å². The molecule has 0 bridgehead atoms. The highest BCUT2D eigenvalue weighted by Gasteiger charge is 2.24. The third-order valence-corrected chi connectivity index (χ3v) is 6.71. The van der Waals surface area contributed by atoms with E-state index in [1.165, 1.54) is 0 Å². The van der Waals surface area contributed by atoms with Gasteiger partial charge >= 0.3 is 0 Å². The van der Waals surface area contributed by atoms with Gasteiger partial charge in [-0.3, -0.25) is 14.5 Å². The van der Waals surface area contributed by atoms with Crippen LogP contribution in [0.2, 0.25) is 0 Å². The zero-order chi connectivity index (χ0) is 26.1. The van der Waals surface area contributed by atoms with Crippen LogP contribution in [0.15, 0.2) is 59.1 Å². The fourth-order valence-corrected chi connectivity index (χ4v) is 4.63. The molecule has 0 N–H and O–H groups in total. The summed E-state index contributed by atoms with van der Waals surface area (Å²) in [6.07, 6.45) is 4.56. The molecule has 0 aliphatic carbocycles. The molecule has 2 aromatic carbocycles. The number of methoxy groups -OCH3 is 1. The van der Waals surface area contributed by atoms with Crippen molar-refractivity contribution in [3.63, 3.8) is 0 Å². The van der Waals surface area contributed by atoms with Crippen LogP contribution in [0.25, 0.3) is 6.08 Å². The van der Waals surface area contributed by atoms with E-state index in [-0.39, 0.29) is 17.2 Å². The molecule has 2 amide bonds. The highest BCUT2D eigenvalue weighted by atomic mass is 79.9. The van der Waals surface area contributed by atoms with Gasteiger partial charge in [0, 0.05) is 67.8 Å². The van der Waals surface area contributed by atoms with E-state index in [1.54, 1.807) is 7.11 Å². The molecule has 0 spiro atoms. The largest absolute Gasteiger partial charge is 0.496 e. The Balaban J connectivity index is 1.56.